The Kier molecular flexibility index (Phi) is 6.86. The maximum Gasteiger partial charge on any atom is 0.00767 e. The number of benzene rings is 1. The largest absolute Gasteiger partial charge is 0.316 e. The Morgan fingerprint density at radius 3 is 2.62 bits per heavy atom. The second kappa shape index (κ2) is 8.31. The molecular weight excluding hydrogens is 196 g/mol. The van der Waals surface area contributed by atoms with Crippen molar-refractivity contribution >= 4 is 0 Å². The van der Waals surface area contributed by atoms with E-state index in [1.54, 1.807) is 0 Å². The third-order valence-corrected chi connectivity index (χ3v) is 2.63. The first kappa shape index (κ1) is 13.2. The van der Waals surface area contributed by atoms with E-state index in [0.29, 0.717) is 0 Å². The van der Waals surface area contributed by atoms with Crippen LogP contribution in [0.25, 0.3) is 0 Å². The van der Waals surface area contributed by atoms with Crippen molar-refractivity contribution in [2.45, 2.75) is 26.7 Å². The van der Waals surface area contributed by atoms with Crippen LogP contribution in [0.5, 0.6) is 0 Å². The van der Waals surface area contributed by atoms with Crippen molar-refractivity contribution < 1.29 is 0 Å². The van der Waals surface area contributed by atoms with E-state index >= 15 is 0 Å². The van der Waals surface area contributed by atoms with Crippen LogP contribution in [0.3, 0.4) is 0 Å². The van der Waals surface area contributed by atoms with Gasteiger partial charge >= 0.3 is 0 Å². The predicted molar refractivity (Wildman–Crippen MR) is 70.9 cm³/mol. The number of hydrogen-bond acceptors (Lipinski definition) is 2. The van der Waals surface area contributed by atoms with Gasteiger partial charge in [0.25, 0.3) is 0 Å². The van der Waals surface area contributed by atoms with Crippen molar-refractivity contribution in [2.24, 2.45) is 0 Å². The minimum absolute atomic E-state index is 1.06. The lowest BCUT2D eigenvalue weighted by Crippen LogP contribution is -2.27. The van der Waals surface area contributed by atoms with E-state index in [4.69, 9.17) is 0 Å². The van der Waals surface area contributed by atoms with Gasteiger partial charge in [-0.3, -0.25) is 0 Å². The van der Waals surface area contributed by atoms with Crippen LogP contribution >= 0.6 is 0 Å². The van der Waals surface area contributed by atoms with Crippen molar-refractivity contribution in [3.8, 4) is 0 Å². The first-order valence-electron chi connectivity index (χ1n) is 6.30. The molecule has 0 bridgehead atoms. The van der Waals surface area contributed by atoms with Gasteiger partial charge in [-0.2, -0.15) is 0 Å². The molecular formula is C14H24N2. The van der Waals surface area contributed by atoms with E-state index in [1.807, 2.05) is 0 Å². The highest BCUT2D eigenvalue weighted by molar-refractivity contribution is 5.22. The van der Waals surface area contributed by atoms with E-state index in [0.717, 1.165) is 26.2 Å². The summed E-state index contributed by atoms with van der Waals surface area (Å²) >= 11 is 0. The van der Waals surface area contributed by atoms with Crippen LogP contribution < -0.4 is 10.6 Å². The lowest BCUT2D eigenvalue weighted by Gasteiger charge is -2.05. The SMILES string of the molecule is CCNCCNCCCc1cccc(C)c1. The van der Waals surface area contributed by atoms with Crippen molar-refractivity contribution in [3.63, 3.8) is 0 Å². The van der Waals surface area contributed by atoms with Crippen molar-refractivity contribution in [3.05, 3.63) is 35.4 Å². The van der Waals surface area contributed by atoms with Crippen LogP contribution in [-0.2, 0) is 6.42 Å². The first-order valence-corrected chi connectivity index (χ1v) is 6.30. The zero-order valence-corrected chi connectivity index (χ0v) is 10.6. The van der Waals surface area contributed by atoms with Gasteiger partial charge in [0, 0.05) is 13.1 Å². The highest BCUT2D eigenvalue weighted by Crippen LogP contribution is 2.05. The highest BCUT2D eigenvalue weighted by atomic mass is 14.9. The van der Waals surface area contributed by atoms with Crippen LogP contribution in [0.1, 0.15) is 24.5 Å². The monoisotopic (exact) mass is 220 g/mol. The molecule has 0 aliphatic rings. The number of nitrogens with one attached hydrogen (secondary N) is 2. The number of hydrogen-bond donors (Lipinski definition) is 2. The Balaban J connectivity index is 2.03. The molecule has 2 heteroatoms. The summed E-state index contributed by atoms with van der Waals surface area (Å²) in [6.45, 7) is 8.60. The summed E-state index contributed by atoms with van der Waals surface area (Å²) in [5, 5.41) is 6.74. The van der Waals surface area contributed by atoms with Crippen LogP contribution in [0.2, 0.25) is 0 Å². The number of aryl methyl sites for hydroxylation is 2. The molecule has 0 radical (unpaired) electrons. The molecule has 0 aliphatic carbocycles. The van der Waals surface area contributed by atoms with Crippen LogP contribution in [0.4, 0.5) is 0 Å². The highest BCUT2D eigenvalue weighted by Gasteiger charge is 1.93. The van der Waals surface area contributed by atoms with Crippen LogP contribution in [0, 0.1) is 6.92 Å². The molecule has 16 heavy (non-hydrogen) atoms. The maximum absolute atomic E-state index is 3.44. The smallest absolute Gasteiger partial charge is 0.00767 e. The molecule has 0 unspecified atom stereocenters. The Morgan fingerprint density at radius 2 is 1.88 bits per heavy atom. The van der Waals surface area contributed by atoms with Gasteiger partial charge in [0.15, 0.2) is 0 Å². The fourth-order valence-electron chi connectivity index (χ4n) is 1.76. The summed E-state index contributed by atoms with van der Waals surface area (Å²) in [4.78, 5) is 0. The van der Waals surface area contributed by atoms with Gasteiger partial charge in [0.1, 0.15) is 0 Å². The van der Waals surface area contributed by atoms with E-state index < -0.39 is 0 Å². The molecule has 1 rings (SSSR count). The third kappa shape index (κ3) is 5.89. The summed E-state index contributed by atoms with van der Waals surface area (Å²) in [5.41, 5.74) is 2.81. The predicted octanol–water partition coefficient (Wildman–Crippen LogP) is 2.13. The molecule has 2 nitrogen and oxygen atoms in total. The lowest BCUT2D eigenvalue weighted by molar-refractivity contribution is 0.607. The molecule has 90 valence electrons. The Hall–Kier alpha value is -0.860. The molecule has 0 spiro atoms. The minimum Gasteiger partial charge on any atom is -0.316 e. The van der Waals surface area contributed by atoms with Crippen molar-refractivity contribution in [2.75, 3.05) is 26.2 Å². The molecule has 0 saturated carbocycles. The van der Waals surface area contributed by atoms with E-state index in [1.165, 1.54) is 24.0 Å². The van der Waals surface area contributed by atoms with E-state index in [2.05, 4.69) is 48.7 Å². The van der Waals surface area contributed by atoms with Gasteiger partial charge in [-0.15, -0.1) is 0 Å². The number of rotatable bonds is 8. The zero-order valence-electron chi connectivity index (χ0n) is 10.6. The maximum atomic E-state index is 3.44. The Bertz CT molecular complexity index is 284. The average molecular weight is 220 g/mol. The molecule has 0 saturated heterocycles. The minimum atomic E-state index is 1.06. The van der Waals surface area contributed by atoms with Crippen molar-refractivity contribution in [1.29, 1.82) is 0 Å². The Labute approximate surface area is 99.5 Å². The normalized spacial score (nSPS) is 10.6. The fourth-order valence-corrected chi connectivity index (χ4v) is 1.76. The second-order valence-corrected chi connectivity index (χ2v) is 4.20. The van der Waals surface area contributed by atoms with Gasteiger partial charge in [0.05, 0.1) is 0 Å². The fraction of sp³-hybridized carbons (Fsp3) is 0.571. The molecule has 0 heterocycles. The summed E-state index contributed by atoms with van der Waals surface area (Å²) in [6.07, 6.45) is 2.39. The van der Waals surface area contributed by atoms with Gasteiger partial charge in [-0.25, -0.2) is 0 Å². The van der Waals surface area contributed by atoms with Gasteiger partial charge in [-0.05, 0) is 38.4 Å². The number of likely N-dealkylation sites (N-methyl/N-ethyl adjacent to an activating group) is 1. The summed E-state index contributed by atoms with van der Waals surface area (Å²) < 4.78 is 0. The quantitative estimate of drug-likeness (QED) is 0.656. The topological polar surface area (TPSA) is 24.1 Å². The summed E-state index contributed by atoms with van der Waals surface area (Å²) in [5.74, 6) is 0. The molecule has 0 amide bonds. The molecule has 0 fully saturated rings. The Morgan fingerprint density at radius 1 is 1.06 bits per heavy atom. The van der Waals surface area contributed by atoms with Gasteiger partial charge < -0.3 is 10.6 Å². The van der Waals surface area contributed by atoms with Gasteiger partial charge in [-0.1, -0.05) is 36.8 Å². The molecule has 1 aromatic rings. The summed E-state index contributed by atoms with van der Waals surface area (Å²) in [7, 11) is 0. The lowest BCUT2D eigenvalue weighted by atomic mass is 10.1. The second-order valence-electron chi connectivity index (χ2n) is 4.20. The average Bonchev–Trinajstić information content (AvgIpc) is 2.28. The van der Waals surface area contributed by atoms with E-state index in [9.17, 15) is 0 Å². The molecule has 1 aromatic carbocycles. The molecule has 2 N–H and O–H groups in total. The third-order valence-electron chi connectivity index (χ3n) is 2.63. The first-order chi connectivity index (χ1) is 7.83. The molecule has 0 aliphatic heterocycles. The van der Waals surface area contributed by atoms with Gasteiger partial charge in [0.2, 0.25) is 0 Å². The van der Waals surface area contributed by atoms with Crippen LogP contribution in [-0.4, -0.2) is 26.2 Å². The molecule has 0 atom stereocenters. The molecule has 0 aromatic heterocycles. The van der Waals surface area contributed by atoms with E-state index in [-0.39, 0.29) is 0 Å². The zero-order chi connectivity index (χ0) is 11.6. The summed E-state index contributed by atoms with van der Waals surface area (Å²) in [6, 6.07) is 8.78. The standard InChI is InChI=1S/C14H24N2/c1-3-15-10-11-16-9-5-8-14-7-4-6-13(2)12-14/h4,6-7,12,15-16H,3,5,8-11H2,1-2H3. The van der Waals surface area contributed by atoms with Crippen LogP contribution in [0.15, 0.2) is 24.3 Å². The van der Waals surface area contributed by atoms with Crippen molar-refractivity contribution in [1.82, 2.24) is 10.6 Å².